The zero-order valence-corrected chi connectivity index (χ0v) is 19.3. The fraction of sp³-hybridized carbons (Fsp3) is 0.273. The Hall–Kier alpha value is -3.20. The largest absolute Gasteiger partial charge is 0.481 e. The molecule has 0 aliphatic heterocycles. The van der Waals surface area contributed by atoms with Crippen molar-refractivity contribution >= 4 is 44.7 Å². The topological polar surface area (TPSA) is 97.0 Å². The summed E-state index contributed by atoms with van der Waals surface area (Å²) in [6.07, 6.45) is 1.48. The highest BCUT2D eigenvalue weighted by atomic mass is 79.9. The molecule has 2 aromatic carbocycles. The summed E-state index contributed by atoms with van der Waals surface area (Å²) in [6, 6.07) is 10.7. The van der Waals surface area contributed by atoms with Crippen molar-refractivity contribution in [3.8, 4) is 5.75 Å². The van der Waals surface area contributed by atoms with Gasteiger partial charge in [-0.15, -0.1) is 0 Å². The lowest BCUT2D eigenvalue weighted by Crippen LogP contribution is -2.23. The molecule has 0 aliphatic carbocycles. The van der Waals surface area contributed by atoms with Gasteiger partial charge in [-0.2, -0.15) is 9.78 Å². The highest BCUT2D eigenvalue weighted by Gasteiger charge is 2.14. The number of carbonyl (C=O) groups is 1. The first-order valence-electron chi connectivity index (χ1n) is 9.60. The van der Waals surface area contributed by atoms with Gasteiger partial charge in [0.1, 0.15) is 11.6 Å². The number of anilines is 1. The zero-order chi connectivity index (χ0) is 22.7. The maximum Gasteiger partial charge on any atom is 0.341 e. The molecule has 3 aromatic rings. The van der Waals surface area contributed by atoms with Crippen molar-refractivity contribution in [1.29, 1.82) is 0 Å². The molecular weight excluding hydrogens is 464 g/mol. The molecule has 8 nitrogen and oxygen atoms in total. The molecule has 0 radical (unpaired) electrons. The number of hydrogen-bond acceptors (Lipinski definition) is 6. The van der Waals surface area contributed by atoms with Gasteiger partial charge in [-0.25, -0.2) is 9.78 Å². The number of benzene rings is 2. The van der Waals surface area contributed by atoms with Crippen LogP contribution >= 0.6 is 15.9 Å². The van der Waals surface area contributed by atoms with E-state index in [1.165, 1.54) is 10.9 Å². The van der Waals surface area contributed by atoms with E-state index in [1.54, 1.807) is 24.3 Å². The van der Waals surface area contributed by atoms with E-state index in [-0.39, 0.29) is 11.5 Å². The van der Waals surface area contributed by atoms with Crippen molar-refractivity contribution in [2.24, 2.45) is 5.10 Å². The second-order valence-electron chi connectivity index (χ2n) is 7.45. The summed E-state index contributed by atoms with van der Waals surface area (Å²) in [5.41, 5.74) is 1.70. The Morgan fingerprint density at radius 1 is 1.29 bits per heavy atom. The van der Waals surface area contributed by atoms with E-state index >= 15 is 0 Å². The number of fused-ring (bicyclic) bond motifs is 1. The molecule has 0 atom stereocenters. The van der Waals surface area contributed by atoms with Crippen molar-refractivity contribution in [3.63, 3.8) is 0 Å². The van der Waals surface area contributed by atoms with Crippen molar-refractivity contribution in [2.45, 2.75) is 19.8 Å². The number of halogens is 1. The Kier molecular flexibility index (Phi) is 6.74. The number of aromatic nitrogens is 2. The number of rotatable bonds is 7. The molecule has 9 heteroatoms. The third-order valence-electron chi connectivity index (χ3n) is 4.53. The molecule has 0 unspecified atom stereocenters. The monoisotopic (exact) mass is 486 g/mol. The lowest BCUT2D eigenvalue weighted by atomic mass is 10.2. The molecule has 0 saturated heterocycles. The minimum atomic E-state index is -1.08. The predicted molar refractivity (Wildman–Crippen MR) is 125 cm³/mol. The average Bonchev–Trinajstić information content (AvgIpc) is 2.71. The predicted octanol–water partition coefficient (Wildman–Crippen LogP) is 3.69. The molecular formula is C22H23BrN4O4. The average molecular weight is 487 g/mol. The van der Waals surface area contributed by atoms with E-state index in [2.05, 4.69) is 26.0 Å². The van der Waals surface area contributed by atoms with Gasteiger partial charge in [-0.3, -0.25) is 4.79 Å². The second-order valence-corrected chi connectivity index (χ2v) is 8.36. The molecule has 31 heavy (non-hydrogen) atoms. The van der Waals surface area contributed by atoms with E-state index in [0.29, 0.717) is 28.0 Å². The summed E-state index contributed by atoms with van der Waals surface area (Å²) in [7, 11) is 3.74. The number of nitrogens with zero attached hydrogens (tertiary/aromatic N) is 4. The Labute approximate surface area is 187 Å². The van der Waals surface area contributed by atoms with Gasteiger partial charge in [0.15, 0.2) is 6.61 Å². The van der Waals surface area contributed by atoms with E-state index in [1.807, 2.05) is 45.0 Å². The van der Waals surface area contributed by atoms with E-state index in [4.69, 9.17) is 9.84 Å². The minimum absolute atomic E-state index is 0.0447. The molecule has 0 aliphatic rings. The van der Waals surface area contributed by atoms with Crippen molar-refractivity contribution in [3.05, 3.63) is 62.6 Å². The molecule has 0 fully saturated rings. The highest BCUT2D eigenvalue weighted by Crippen LogP contribution is 2.24. The quantitative estimate of drug-likeness (QED) is 0.511. The Morgan fingerprint density at radius 3 is 2.68 bits per heavy atom. The van der Waals surface area contributed by atoms with E-state index in [0.717, 1.165) is 10.2 Å². The molecule has 3 rings (SSSR count). The fourth-order valence-electron chi connectivity index (χ4n) is 2.94. The highest BCUT2D eigenvalue weighted by molar-refractivity contribution is 9.10. The molecule has 0 amide bonds. The van der Waals surface area contributed by atoms with Crippen molar-refractivity contribution < 1.29 is 14.6 Å². The first kappa shape index (κ1) is 22.5. The first-order valence-corrected chi connectivity index (χ1v) is 10.4. The van der Waals surface area contributed by atoms with Gasteiger partial charge in [0, 0.05) is 41.8 Å². The summed E-state index contributed by atoms with van der Waals surface area (Å²) in [5.74, 6) is -0.250. The molecule has 0 saturated carbocycles. The third-order valence-corrected chi connectivity index (χ3v) is 5.02. The van der Waals surface area contributed by atoms with Crippen LogP contribution in [0.4, 0.5) is 5.69 Å². The summed E-state index contributed by atoms with van der Waals surface area (Å²) in [5, 5.41) is 13.8. The molecule has 1 aromatic heterocycles. The Morgan fingerprint density at radius 2 is 2.03 bits per heavy atom. The van der Waals surface area contributed by atoms with Crippen LogP contribution in [0.15, 0.2) is 50.8 Å². The van der Waals surface area contributed by atoms with Gasteiger partial charge >= 0.3 is 5.97 Å². The van der Waals surface area contributed by atoms with Gasteiger partial charge in [0.05, 0.1) is 17.1 Å². The van der Waals surface area contributed by atoms with Gasteiger partial charge in [0.2, 0.25) is 0 Å². The van der Waals surface area contributed by atoms with Crippen LogP contribution < -0.4 is 15.2 Å². The third kappa shape index (κ3) is 5.11. The van der Waals surface area contributed by atoms with Crippen LogP contribution in [0, 0.1) is 0 Å². The van der Waals surface area contributed by atoms with Crippen LogP contribution in [-0.2, 0) is 4.79 Å². The van der Waals surface area contributed by atoms with Gasteiger partial charge in [-0.1, -0.05) is 29.8 Å². The maximum absolute atomic E-state index is 13.1. The van der Waals surface area contributed by atoms with Crippen LogP contribution in [-0.4, -0.2) is 47.7 Å². The van der Waals surface area contributed by atoms with E-state index in [9.17, 15) is 9.59 Å². The Bertz CT molecular complexity index is 1220. The van der Waals surface area contributed by atoms with Gasteiger partial charge in [-0.05, 0) is 30.3 Å². The molecule has 0 bridgehead atoms. The second kappa shape index (κ2) is 9.30. The number of ether oxygens (including phenoxy) is 1. The zero-order valence-electron chi connectivity index (χ0n) is 17.7. The molecule has 0 spiro atoms. The van der Waals surface area contributed by atoms with Crippen molar-refractivity contribution in [2.75, 3.05) is 25.6 Å². The first-order chi connectivity index (χ1) is 14.7. The molecule has 1 heterocycles. The van der Waals surface area contributed by atoms with E-state index < -0.39 is 12.6 Å². The summed E-state index contributed by atoms with van der Waals surface area (Å²) < 4.78 is 7.50. The van der Waals surface area contributed by atoms with Crippen molar-refractivity contribution in [1.82, 2.24) is 9.66 Å². The standard InChI is InChI=1S/C22H23BrN4O4/c1-13(2)21-25-18-8-6-15(23)9-17(18)22(30)27(21)24-11-14-5-7-16(26(3)4)10-19(14)31-12-20(28)29/h5-11,13H,12H2,1-4H3,(H,28,29). The minimum Gasteiger partial charge on any atom is -0.481 e. The lowest BCUT2D eigenvalue weighted by Gasteiger charge is -2.16. The number of aliphatic carboxylic acids is 1. The van der Waals surface area contributed by atoms with Crippen LogP contribution in [0.3, 0.4) is 0 Å². The summed E-state index contributed by atoms with van der Waals surface area (Å²) in [6.45, 7) is 3.39. The number of carboxylic acid groups (broad SMARTS) is 1. The molecule has 162 valence electrons. The number of carboxylic acids is 1. The van der Waals surface area contributed by atoms with Gasteiger partial charge in [0.25, 0.3) is 5.56 Å². The fourth-order valence-corrected chi connectivity index (χ4v) is 3.30. The van der Waals surface area contributed by atoms with Crippen LogP contribution in [0.25, 0.3) is 10.9 Å². The normalized spacial score (nSPS) is 11.4. The lowest BCUT2D eigenvalue weighted by molar-refractivity contribution is -0.139. The SMILES string of the molecule is CC(C)c1nc2ccc(Br)cc2c(=O)n1N=Cc1ccc(N(C)C)cc1OCC(=O)O. The summed E-state index contributed by atoms with van der Waals surface area (Å²) in [4.78, 5) is 30.6. The summed E-state index contributed by atoms with van der Waals surface area (Å²) >= 11 is 3.39. The maximum atomic E-state index is 13.1. The number of hydrogen-bond donors (Lipinski definition) is 1. The molecule has 1 N–H and O–H groups in total. The smallest absolute Gasteiger partial charge is 0.341 e. The Balaban J connectivity index is 2.12. The van der Waals surface area contributed by atoms with Crippen LogP contribution in [0.1, 0.15) is 31.2 Å². The van der Waals surface area contributed by atoms with Crippen LogP contribution in [0.5, 0.6) is 5.75 Å². The van der Waals surface area contributed by atoms with Gasteiger partial charge < -0.3 is 14.7 Å². The van der Waals surface area contributed by atoms with Crippen LogP contribution in [0.2, 0.25) is 0 Å².